The number of amides is 1. The van der Waals surface area contributed by atoms with Crippen LogP contribution in [-0.2, 0) is 32.8 Å². The van der Waals surface area contributed by atoms with Crippen LogP contribution in [0.3, 0.4) is 0 Å². The Bertz CT molecular complexity index is 1240. The van der Waals surface area contributed by atoms with Gasteiger partial charge in [-0.15, -0.1) is 0 Å². The summed E-state index contributed by atoms with van der Waals surface area (Å²) in [5.74, 6) is -3.15. The SMILES string of the molecule is COC(=O)[C@@H](NP(=O)(OC[C@H]1O[C@@H](n2cnc(C(N)=O)c2O)[C@@H]2OC(C)(C)OC21)Oc1ccccc1)C(C)C. The predicted molar refractivity (Wildman–Crippen MR) is 135 cm³/mol. The van der Waals surface area contributed by atoms with E-state index in [4.69, 9.17) is 33.7 Å². The van der Waals surface area contributed by atoms with Crippen LogP contribution in [0.5, 0.6) is 11.6 Å². The molecule has 2 aliphatic heterocycles. The lowest BCUT2D eigenvalue weighted by atomic mass is 10.1. The van der Waals surface area contributed by atoms with Crippen LogP contribution in [0.25, 0.3) is 0 Å². The number of hydrogen-bond donors (Lipinski definition) is 3. The van der Waals surface area contributed by atoms with Crippen LogP contribution in [0.2, 0.25) is 0 Å². The van der Waals surface area contributed by atoms with Gasteiger partial charge in [0, 0.05) is 0 Å². The van der Waals surface area contributed by atoms with Gasteiger partial charge in [-0.2, -0.15) is 5.09 Å². The first kappa shape index (κ1) is 29.0. The Morgan fingerprint density at radius 3 is 2.49 bits per heavy atom. The van der Waals surface area contributed by atoms with Gasteiger partial charge in [0.15, 0.2) is 17.7 Å². The van der Waals surface area contributed by atoms with Crippen LogP contribution in [0, 0.1) is 5.92 Å². The van der Waals surface area contributed by atoms with Gasteiger partial charge in [-0.3, -0.25) is 18.7 Å². The average molecular weight is 569 g/mol. The monoisotopic (exact) mass is 568 g/mol. The number of benzene rings is 1. The fourth-order valence-electron chi connectivity index (χ4n) is 4.38. The van der Waals surface area contributed by atoms with Gasteiger partial charge in [0.25, 0.3) is 5.91 Å². The molecule has 4 rings (SSSR count). The third-order valence-electron chi connectivity index (χ3n) is 6.20. The number of aromatic hydroxyl groups is 1. The van der Waals surface area contributed by atoms with Gasteiger partial charge < -0.3 is 34.3 Å². The molecule has 1 aromatic carbocycles. The predicted octanol–water partition coefficient (Wildman–Crippen LogP) is 2.10. The number of primary amides is 1. The van der Waals surface area contributed by atoms with Gasteiger partial charge in [0.05, 0.1) is 13.7 Å². The number of carbonyl (C=O) groups excluding carboxylic acids is 2. The van der Waals surface area contributed by atoms with Crippen LogP contribution in [0.15, 0.2) is 36.7 Å². The van der Waals surface area contributed by atoms with Crippen molar-refractivity contribution < 1.29 is 47.3 Å². The number of aromatic nitrogens is 2. The number of ether oxygens (including phenoxy) is 4. The maximum Gasteiger partial charge on any atom is 0.459 e. The van der Waals surface area contributed by atoms with Crippen LogP contribution in [0.1, 0.15) is 44.4 Å². The average Bonchev–Trinajstić information content (AvgIpc) is 3.51. The summed E-state index contributed by atoms with van der Waals surface area (Å²) in [5, 5.41) is 13.2. The van der Waals surface area contributed by atoms with Crippen LogP contribution >= 0.6 is 7.75 Å². The van der Waals surface area contributed by atoms with Crippen molar-refractivity contribution >= 4 is 19.6 Å². The second-order valence-corrected chi connectivity index (χ2v) is 11.6. The van der Waals surface area contributed by atoms with E-state index in [0.29, 0.717) is 0 Å². The van der Waals surface area contributed by atoms with Gasteiger partial charge in [-0.05, 0) is 31.9 Å². The molecule has 39 heavy (non-hydrogen) atoms. The summed E-state index contributed by atoms with van der Waals surface area (Å²) in [7, 11) is -2.98. The van der Waals surface area contributed by atoms with Crippen LogP contribution in [-0.4, -0.2) is 70.4 Å². The van der Waals surface area contributed by atoms with Gasteiger partial charge in [-0.25, -0.2) is 9.55 Å². The van der Waals surface area contributed by atoms with E-state index in [2.05, 4.69) is 10.1 Å². The van der Waals surface area contributed by atoms with E-state index < -0.39 is 61.9 Å². The van der Waals surface area contributed by atoms with Gasteiger partial charge in [0.1, 0.15) is 36.4 Å². The molecule has 14 nitrogen and oxygen atoms in total. The zero-order chi connectivity index (χ0) is 28.5. The molecule has 3 heterocycles. The Labute approximate surface area is 225 Å². The van der Waals surface area contributed by atoms with Crippen molar-refractivity contribution in [2.45, 2.75) is 64.1 Å². The van der Waals surface area contributed by atoms with E-state index in [1.807, 2.05) is 0 Å². The smallest absolute Gasteiger partial charge is 0.459 e. The normalized spacial score (nSPS) is 26.1. The summed E-state index contributed by atoms with van der Waals surface area (Å²) < 4.78 is 49.7. The highest BCUT2D eigenvalue weighted by atomic mass is 31.2. The molecule has 0 bridgehead atoms. The fourth-order valence-corrected chi connectivity index (χ4v) is 6.05. The number of hydrogen-bond acceptors (Lipinski definition) is 11. The molecule has 2 unspecified atom stereocenters. The van der Waals surface area contributed by atoms with Crippen molar-refractivity contribution in [1.29, 1.82) is 0 Å². The van der Waals surface area contributed by atoms with Crippen LogP contribution in [0.4, 0.5) is 0 Å². The number of carbonyl (C=O) groups is 2. The number of nitrogens with one attached hydrogen (secondary N) is 1. The minimum atomic E-state index is -4.21. The molecule has 4 N–H and O–H groups in total. The second kappa shape index (κ2) is 11.2. The molecular weight excluding hydrogens is 535 g/mol. The molecule has 6 atom stereocenters. The van der Waals surface area contributed by atoms with Crippen molar-refractivity contribution in [2.75, 3.05) is 13.7 Å². The number of rotatable bonds is 11. The van der Waals surface area contributed by atoms with E-state index in [-0.39, 0.29) is 24.0 Å². The lowest BCUT2D eigenvalue weighted by Crippen LogP contribution is -2.42. The molecular formula is C24H33N4O10P. The zero-order valence-electron chi connectivity index (χ0n) is 22.2. The third-order valence-corrected chi connectivity index (χ3v) is 7.73. The molecule has 0 spiro atoms. The number of fused-ring (bicyclic) bond motifs is 1. The molecule has 214 valence electrons. The molecule has 0 saturated carbocycles. The summed E-state index contributed by atoms with van der Waals surface area (Å²) >= 11 is 0. The molecule has 0 aliphatic carbocycles. The first-order valence-corrected chi connectivity index (χ1v) is 13.8. The number of nitrogens with zero attached hydrogens (tertiary/aromatic N) is 2. The molecule has 1 amide bonds. The van der Waals surface area contributed by atoms with Gasteiger partial charge in [-0.1, -0.05) is 32.0 Å². The van der Waals surface area contributed by atoms with E-state index >= 15 is 0 Å². The lowest BCUT2D eigenvalue weighted by Gasteiger charge is -2.28. The van der Waals surface area contributed by atoms with E-state index in [1.165, 1.54) is 18.0 Å². The van der Waals surface area contributed by atoms with Gasteiger partial charge in [0.2, 0.25) is 5.88 Å². The van der Waals surface area contributed by atoms with Crippen molar-refractivity contribution in [2.24, 2.45) is 11.7 Å². The quantitative estimate of drug-likeness (QED) is 0.265. The summed E-state index contributed by atoms with van der Waals surface area (Å²) in [6.07, 6.45) is -2.13. The fraction of sp³-hybridized carbons (Fsp3) is 0.542. The largest absolute Gasteiger partial charge is 0.493 e. The third kappa shape index (κ3) is 6.26. The molecule has 15 heteroatoms. The molecule has 0 radical (unpaired) electrons. The Morgan fingerprint density at radius 1 is 1.23 bits per heavy atom. The summed E-state index contributed by atoms with van der Waals surface area (Å²) in [6.45, 7) is 6.59. The Morgan fingerprint density at radius 2 is 1.90 bits per heavy atom. The zero-order valence-corrected chi connectivity index (χ0v) is 23.1. The molecule has 2 saturated heterocycles. The van der Waals surface area contributed by atoms with Crippen molar-refractivity contribution in [3.05, 3.63) is 42.4 Å². The first-order chi connectivity index (χ1) is 18.3. The highest BCUT2D eigenvalue weighted by Gasteiger charge is 2.57. The summed E-state index contributed by atoms with van der Waals surface area (Å²) in [6, 6.07) is 7.32. The summed E-state index contributed by atoms with van der Waals surface area (Å²) in [5.41, 5.74) is 4.95. The summed E-state index contributed by atoms with van der Waals surface area (Å²) in [4.78, 5) is 27.9. The molecule has 1 aromatic heterocycles. The van der Waals surface area contributed by atoms with E-state index in [0.717, 1.165) is 0 Å². The first-order valence-electron chi connectivity index (χ1n) is 12.3. The highest BCUT2D eigenvalue weighted by Crippen LogP contribution is 2.49. The Kier molecular flexibility index (Phi) is 8.36. The highest BCUT2D eigenvalue weighted by molar-refractivity contribution is 7.52. The number of methoxy groups -OCH3 is 1. The lowest BCUT2D eigenvalue weighted by molar-refractivity contribution is -0.200. The van der Waals surface area contributed by atoms with Gasteiger partial charge >= 0.3 is 13.7 Å². The van der Waals surface area contributed by atoms with E-state index in [9.17, 15) is 19.3 Å². The minimum Gasteiger partial charge on any atom is -0.493 e. The number of para-hydroxylation sites is 1. The van der Waals surface area contributed by atoms with Crippen molar-refractivity contribution in [3.8, 4) is 11.6 Å². The number of esters is 1. The van der Waals surface area contributed by atoms with E-state index in [1.54, 1.807) is 58.0 Å². The van der Waals surface area contributed by atoms with Crippen molar-refractivity contribution in [3.63, 3.8) is 0 Å². The Balaban J connectivity index is 1.59. The number of imidazole rings is 1. The molecule has 2 fully saturated rings. The maximum atomic E-state index is 14.0. The molecule has 2 aromatic rings. The number of nitrogens with two attached hydrogens (primary N) is 1. The van der Waals surface area contributed by atoms with Crippen molar-refractivity contribution in [1.82, 2.24) is 14.6 Å². The minimum absolute atomic E-state index is 0.243. The standard InChI is InChI=1S/C24H33N4O10P/c1-13(2)16(23(31)33-5)27-39(32,38-14-9-7-6-8-10-14)34-11-15-18-19(37-24(3,4)36-18)22(35-15)28-12-26-17(20(25)29)21(28)30/h6-10,12-13,15-16,18-19,22,30H,11H2,1-5H3,(H2,25,29)(H,27,32)/t15-,16+,18?,19-,22-,39?/m1/s1. The molecule has 2 aliphatic rings. The Hall–Kier alpha value is -3.00. The van der Waals surface area contributed by atoms with Crippen LogP contribution < -0.4 is 15.3 Å². The second-order valence-electron chi connectivity index (χ2n) is 9.89. The maximum absolute atomic E-state index is 14.0. The topological polar surface area (TPSA) is 183 Å².